The molecule has 96 valence electrons. The highest BCUT2D eigenvalue weighted by Gasteiger charge is 2.17. The molecule has 1 unspecified atom stereocenters. The van der Waals surface area contributed by atoms with Crippen molar-refractivity contribution in [3.8, 4) is 0 Å². The minimum absolute atomic E-state index is 0.0727. The lowest BCUT2D eigenvalue weighted by molar-refractivity contribution is -0.121. The fraction of sp³-hybridized carbons (Fsp3) is 0.917. The second-order valence-electron chi connectivity index (χ2n) is 4.26. The van der Waals surface area contributed by atoms with Crippen LogP contribution in [0.5, 0.6) is 0 Å². The molecule has 4 heteroatoms. The van der Waals surface area contributed by atoms with Crippen molar-refractivity contribution in [1.29, 1.82) is 0 Å². The minimum Gasteiger partial charge on any atom is -0.381 e. The number of amides is 1. The lowest BCUT2D eigenvalue weighted by Crippen LogP contribution is -2.34. The molecule has 0 saturated heterocycles. The van der Waals surface area contributed by atoms with Crippen LogP contribution in [0.15, 0.2) is 0 Å². The van der Waals surface area contributed by atoms with Crippen molar-refractivity contribution in [1.82, 2.24) is 5.32 Å². The molecule has 0 aliphatic carbocycles. The zero-order chi connectivity index (χ0) is 12.4. The first-order valence-electron chi connectivity index (χ1n) is 6.09. The number of carbonyl (C=O) groups excluding carboxylic acids is 1. The summed E-state index contributed by atoms with van der Waals surface area (Å²) in [7, 11) is 0. The third kappa shape index (κ3) is 8.11. The Labute approximate surface area is 107 Å². The molecule has 0 aliphatic heterocycles. The van der Waals surface area contributed by atoms with Gasteiger partial charge >= 0.3 is 0 Å². The number of halogens is 1. The Bertz CT molecular complexity index is 186. The quantitative estimate of drug-likeness (QED) is 0.524. The van der Waals surface area contributed by atoms with Gasteiger partial charge in [0.25, 0.3) is 0 Å². The van der Waals surface area contributed by atoms with Gasteiger partial charge in [0.2, 0.25) is 5.91 Å². The van der Waals surface area contributed by atoms with E-state index in [4.69, 9.17) is 4.74 Å². The summed E-state index contributed by atoms with van der Waals surface area (Å²) in [6, 6.07) is 0. The van der Waals surface area contributed by atoms with E-state index in [0.717, 1.165) is 32.5 Å². The van der Waals surface area contributed by atoms with Crippen LogP contribution in [0.2, 0.25) is 0 Å². The maximum atomic E-state index is 11.5. The molecule has 0 aromatic heterocycles. The van der Waals surface area contributed by atoms with Crippen molar-refractivity contribution in [2.24, 2.45) is 5.92 Å². The molecule has 0 rings (SSSR count). The first-order valence-corrected chi connectivity index (χ1v) is 7.00. The molecule has 3 nitrogen and oxygen atoms in total. The van der Waals surface area contributed by atoms with Crippen molar-refractivity contribution < 1.29 is 9.53 Å². The van der Waals surface area contributed by atoms with Crippen molar-refractivity contribution >= 4 is 21.8 Å². The molecule has 0 aromatic rings. The van der Waals surface area contributed by atoms with Crippen LogP contribution in [0.25, 0.3) is 0 Å². The molecule has 0 bridgehead atoms. The molecule has 0 radical (unpaired) electrons. The monoisotopic (exact) mass is 293 g/mol. The molecule has 1 atom stereocenters. The lowest BCUT2D eigenvalue weighted by atomic mass is 10.1. The Hall–Kier alpha value is -0.0900. The van der Waals surface area contributed by atoms with Crippen molar-refractivity contribution in [3.05, 3.63) is 0 Å². The van der Waals surface area contributed by atoms with Crippen LogP contribution >= 0.6 is 15.9 Å². The van der Waals surface area contributed by atoms with Gasteiger partial charge in [-0.05, 0) is 18.8 Å². The first-order chi connectivity index (χ1) is 7.59. The van der Waals surface area contributed by atoms with Crippen LogP contribution in [0.3, 0.4) is 0 Å². The summed E-state index contributed by atoms with van der Waals surface area (Å²) < 4.78 is 5.40. The lowest BCUT2D eigenvalue weighted by Gasteiger charge is -2.13. The summed E-state index contributed by atoms with van der Waals surface area (Å²) in [5.41, 5.74) is 0. The van der Waals surface area contributed by atoms with Crippen molar-refractivity contribution in [2.45, 2.75) is 44.9 Å². The van der Waals surface area contributed by atoms with Gasteiger partial charge in [0.05, 0.1) is 4.83 Å². The predicted octanol–water partition coefficient (Wildman–Crippen LogP) is 2.73. The molecule has 0 fully saturated rings. The van der Waals surface area contributed by atoms with E-state index in [1.54, 1.807) is 0 Å². The fourth-order valence-corrected chi connectivity index (χ4v) is 1.30. The van der Waals surface area contributed by atoms with Crippen LogP contribution in [0.4, 0.5) is 0 Å². The van der Waals surface area contributed by atoms with E-state index in [1.807, 2.05) is 13.8 Å². The van der Waals surface area contributed by atoms with Gasteiger partial charge in [0.1, 0.15) is 0 Å². The van der Waals surface area contributed by atoms with Crippen LogP contribution in [-0.2, 0) is 9.53 Å². The van der Waals surface area contributed by atoms with E-state index in [-0.39, 0.29) is 10.7 Å². The number of rotatable bonds is 9. The van der Waals surface area contributed by atoms with E-state index in [0.29, 0.717) is 12.5 Å². The van der Waals surface area contributed by atoms with Gasteiger partial charge in [-0.15, -0.1) is 0 Å². The Morgan fingerprint density at radius 2 is 1.94 bits per heavy atom. The number of alkyl halides is 1. The molecule has 16 heavy (non-hydrogen) atoms. The van der Waals surface area contributed by atoms with Crippen LogP contribution in [0.1, 0.15) is 40.0 Å². The van der Waals surface area contributed by atoms with Gasteiger partial charge in [-0.3, -0.25) is 4.79 Å². The van der Waals surface area contributed by atoms with E-state index in [2.05, 4.69) is 28.2 Å². The molecule has 0 spiro atoms. The smallest absolute Gasteiger partial charge is 0.234 e. The molecule has 0 aliphatic rings. The second-order valence-corrected chi connectivity index (χ2v) is 5.24. The van der Waals surface area contributed by atoms with Crippen LogP contribution < -0.4 is 5.32 Å². The van der Waals surface area contributed by atoms with Gasteiger partial charge in [-0.2, -0.15) is 0 Å². The third-order valence-electron chi connectivity index (χ3n) is 2.24. The molecule has 0 aromatic carbocycles. The third-order valence-corrected chi connectivity index (χ3v) is 3.72. The second kappa shape index (κ2) is 10.1. The predicted molar refractivity (Wildman–Crippen MR) is 70.9 cm³/mol. The van der Waals surface area contributed by atoms with E-state index in [9.17, 15) is 4.79 Å². The largest absolute Gasteiger partial charge is 0.381 e. The standard InChI is InChI=1S/C12H24BrNO2/c1-4-5-8-16-9-6-7-14-12(15)11(13)10(2)3/h10-11H,4-9H2,1-3H3,(H,14,15). The summed E-state index contributed by atoms with van der Waals surface area (Å²) in [4.78, 5) is 11.4. The van der Waals surface area contributed by atoms with Crippen molar-refractivity contribution in [3.63, 3.8) is 0 Å². The Balaban J connectivity index is 3.34. The fourth-order valence-electron chi connectivity index (χ4n) is 1.13. The Kier molecular flexibility index (Phi) is 10.0. The average Bonchev–Trinajstić information content (AvgIpc) is 2.26. The maximum Gasteiger partial charge on any atom is 0.234 e. The van der Waals surface area contributed by atoms with E-state index < -0.39 is 0 Å². The number of ether oxygens (including phenoxy) is 1. The van der Waals surface area contributed by atoms with Gasteiger partial charge in [-0.25, -0.2) is 0 Å². The number of unbranched alkanes of at least 4 members (excludes halogenated alkanes) is 1. The molecular weight excluding hydrogens is 270 g/mol. The summed E-state index contributed by atoms with van der Waals surface area (Å²) >= 11 is 3.37. The Morgan fingerprint density at radius 1 is 1.31 bits per heavy atom. The molecule has 0 saturated carbocycles. The van der Waals surface area contributed by atoms with Crippen LogP contribution in [-0.4, -0.2) is 30.5 Å². The molecular formula is C12H24BrNO2. The summed E-state index contributed by atoms with van der Waals surface area (Å²) in [6.07, 6.45) is 3.16. The maximum absolute atomic E-state index is 11.5. The van der Waals surface area contributed by atoms with Crippen LogP contribution in [0, 0.1) is 5.92 Å². The Morgan fingerprint density at radius 3 is 2.50 bits per heavy atom. The average molecular weight is 294 g/mol. The van der Waals surface area contributed by atoms with E-state index >= 15 is 0 Å². The number of carbonyl (C=O) groups is 1. The molecule has 1 amide bonds. The SMILES string of the molecule is CCCCOCCCNC(=O)C(Br)C(C)C. The van der Waals surface area contributed by atoms with Gasteiger partial charge in [0, 0.05) is 19.8 Å². The molecule has 1 N–H and O–H groups in total. The summed E-state index contributed by atoms with van der Waals surface area (Å²) in [6.45, 7) is 8.44. The van der Waals surface area contributed by atoms with Gasteiger partial charge in [0.15, 0.2) is 0 Å². The highest BCUT2D eigenvalue weighted by Crippen LogP contribution is 2.11. The van der Waals surface area contributed by atoms with Gasteiger partial charge in [-0.1, -0.05) is 43.1 Å². The minimum atomic E-state index is -0.0893. The first kappa shape index (κ1) is 15.9. The van der Waals surface area contributed by atoms with E-state index in [1.165, 1.54) is 0 Å². The summed E-state index contributed by atoms with van der Waals surface area (Å²) in [5, 5.41) is 2.89. The highest BCUT2D eigenvalue weighted by molar-refractivity contribution is 9.10. The summed E-state index contributed by atoms with van der Waals surface area (Å²) in [5.74, 6) is 0.393. The molecule has 0 heterocycles. The van der Waals surface area contributed by atoms with Crippen molar-refractivity contribution in [2.75, 3.05) is 19.8 Å². The zero-order valence-corrected chi connectivity index (χ0v) is 12.2. The zero-order valence-electron chi connectivity index (χ0n) is 10.6. The number of hydrogen-bond donors (Lipinski definition) is 1. The normalized spacial score (nSPS) is 12.8. The van der Waals surface area contributed by atoms with Gasteiger partial charge < -0.3 is 10.1 Å². The highest BCUT2D eigenvalue weighted by atomic mass is 79.9. The number of nitrogens with one attached hydrogen (secondary N) is 1. The number of hydrogen-bond acceptors (Lipinski definition) is 2. The topological polar surface area (TPSA) is 38.3 Å².